The lowest BCUT2D eigenvalue weighted by molar-refractivity contribution is -0.127. The smallest absolute Gasteiger partial charge is 0.338 e. The first-order chi connectivity index (χ1) is 18.7. The molecule has 1 fully saturated rings. The van der Waals surface area contributed by atoms with Gasteiger partial charge in [-0.05, 0) is 79.2 Å². The molecule has 0 bridgehead atoms. The van der Waals surface area contributed by atoms with Crippen molar-refractivity contribution in [2.75, 3.05) is 23.8 Å². The quantitative estimate of drug-likeness (QED) is 0.310. The van der Waals surface area contributed by atoms with Gasteiger partial charge in [0.2, 0.25) is 5.91 Å². The summed E-state index contributed by atoms with van der Waals surface area (Å²) in [7, 11) is 0. The molecule has 0 unspecified atom stereocenters. The summed E-state index contributed by atoms with van der Waals surface area (Å²) in [6, 6.07) is 20.6. The number of aryl methyl sites for hydroxylation is 2. The molecule has 0 atom stereocenters. The summed E-state index contributed by atoms with van der Waals surface area (Å²) >= 11 is 0.733. The van der Waals surface area contributed by atoms with Gasteiger partial charge in [-0.1, -0.05) is 42.0 Å². The Hall–Kier alpha value is -4.70. The topological polar surface area (TPSA) is 122 Å². The average molecular weight is 544 g/mol. The highest BCUT2D eigenvalue weighted by Crippen LogP contribution is 2.32. The van der Waals surface area contributed by atoms with Crippen LogP contribution in [0.5, 0.6) is 0 Å². The van der Waals surface area contributed by atoms with Gasteiger partial charge in [-0.3, -0.25) is 24.1 Å². The number of hydrogen-bond donors (Lipinski definition) is 2. The molecule has 0 spiro atoms. The molecule has 0 saturated carbocycles. The van der Waals surface area contributed by atoms with Gasteiger partial charge < -0.3 is 15.4 Å². The van der Waals surface area contributed by atoms with E-state index in [2.05, 4.69) is 10.6 Å². The monoisotopic (exact) mass is 543 g/mol. The van der Waals surface area contributed by atoms with Crippen LogP contribution >= 0.6 is 11.8 Å². The van der Waals surface area contributed by atoms with E-state index in [-0.39, 0.29) is 10.5 Å². The third-order valence-electron chi connectivity index (χ3n) is 5.59. The highest BCUT2D eigenvalue weighted by Gasteiger charge is 2.36. The van der Waals surface area contributed by atoms with Crippen molar-refractivity contribution in [3.63, 3.8) is 0 Å². The molecule has 3 aromatic rings. The van der Waals surface area contributed by atoms with Gasteiger partial charge in [0, 0.05) is 11.4 Å². The van der Waals surface area contributed by atoms with Crippen LogP contribution in [-0.2, 0) is 19.1 Å². The molecule has 9 nitrogen and oxygen atoms in total. The fourth-order valence-corrected chi connectivity index (χ4v) is 4.46. The normalized spacial score (nSPS) is 13.9. The second-order valence-electron chi connectivity index (χ2n) is 8.80. The zero-order valence-corrected chi connectivity index (χ0v) is 22.0. The van der Waals surface area contributed by atoms with Crippen LogP contribution in [0, 0.1) is 13.8 Å². The number of anilines is 2. The van der Waals surface area contributed by atoms with Crippen LogP contribution in [0.1, 0.15) is 27.0 Å². The molecule has 1 saturated heterocycles. The third kappa shape index (κ3) is 7.42. The van der Waals surface area contributed by atoms with Crippen molar-refractivity contribution in [3.05, 3.63) is 100.0 Å². The van der Waals surface area contributed by atoms with Crippen LogP contribution in [0.25, 0.3) is 6.08 Å². The Balaban J connectivity index is 1.30. The number of carbonyl (C=O) groups excluding carboxylic acids is 5. The number of rotatable bonds is 8. The van der Waals surface area contributed by atoms with Crippen molar-refractivity contribution in [2.24, 2.45) is 0 Å². The van der Waals surface area contributed by atoms with Crippen molar-refractivity contribution in [1.29, 1.82) is 0 Å². The number of benzene rings is 3. The van der Waals surface area contributed by atoms with E-state index in [1.807, 2.05) is 32.0 Å². The van der Waals surface area contributed by atoms with Crippen molar-refractivity contribution < 1.29 is 28.7 Å². The molecule has 1 aliphatic heterocycles. The number of nitrogens with zero attached hydrogens (tertiary/aromatic N) is 1. The van der Waals surface area contributed by atoms with Gasteiger partial charge in [0.15, 0.2) is 6.61 Å². The van der Waals surface area contributed by atoms with E-state index in [1.165, 1.54) is 18.2 Å². The Labute approximate surface area is 229 Å². The van der Waals surface area contributed by atoms with Gasteiger partial charge >= 0.3 is 5.97 Å². The number of imide groups is 1. The maximum atomic E-state index is 12.8. The molecule has 0 aliphatic carbocycles. The van der Waals surface area contributed by atoms with Crippen molar-refractivity contribution >= 4 is 58.1 Å². The van der Waals surface area contributed by atoms with Crippen molar-refractivity contribution in [3.8, 4) is 0 Å². The molecule has 1 heterocycles. The maximum Gasteiger partial charge on any atom is 0.338 e. The highest BCUT2D eigenvalue weighted by atomic mass is 32.2. The van der Waals surface area contributed by atoms with Crippen LogP contribution in [0.2, 0.25) is 0 Å². The molecule has 39 heavy (non-hydrogen) atoms. The first-order valence-electron chi connectivity index (χ1n) is 11.9. The van der Waals surface area contributed by atoms with Gasteiger partial charge in [-0.15, -0.1) is 0 Å². The summed E-state index contributed by atoms with van der Waals surface area (Å²) in [6.45, 7) is 2.97. The van der Waals surface area contributed by atoms with Crippen molar-refractivity contribution in [2.45, 2.75) is 13.8 Å². The molecule has 4 amide bonds. The number of hydrogen-bond acceptors (Lipinski definition) is 7. The zero-order chi connectivity index (χ0) is 27.9. The van der Waals surface area contributed by atoms with Gasteiger partial charge in [0.05, 0.1) is 10.5 Å². The molecule has 4 rings (SSSR count). The van der Waals surface area contributed by atoms with E-state index in [9.17, 15) is 24.0 Å². The lowest BCUT2D eigenvalue weighted by Gasteiger charge is -2.12. The minimum Gasteiger partial charge on any atom is -0.452 e. The Morgan fingerprint density at radius 1 is 0.846 bits per heavy atom. The zero-order valence-electron chi connectivity index (χ0n) is 21.2. The predicted molar refractivity (Wildman–Crippen MR) is 149 cm³/mol. The largest absolute Gasteiger partial charge is 0.452 e. The van der Waals surface area contributed by atoms with Crippen LogP contribution in [0.4, 0.5) is 16.2 Å². The third-order valence-corrected chi connectivity index (χ3v) is 6.50. The molecular weight excluding hydrogens is 518 g/mol. The molecule has 0 aromatic heterocycles. The van der Waals surface area contributed by atoms with E-state index < -0.39 is 42.1 Å². The lowest BCUT2D eigenvalue weighted by Crippen LogP contribution is -2.36. The standard InChI is InChI=1S/C29H25N3O6S/c1-18-6-12-22(13-7-18)30-26(34)17-38-28(36)21-10-8-20(9-11-21)15-24-27(35)32(29(37)39-24)16-25(33)31-23-5-3-4-19(2)14-23/h3-15H,16-17H2,1-2H3,(H,30,34)(H,31,33)/b24-15-. The van der Waals surface area contributed by atoms with E-state index in [4.69, 9.17) is 4.74 Å². The first-order valence-corrected chi connectivity index (χ1v) is 12.8. The predicted octanol–water partition coefficient (Wildman–Crippen LogP) is 4.77. The van der Waals surface area contributed by atoms with Gasteiger partial charge in [0.1, 0.15) is 6.54 Å². The summed E-state index contributed by atoms with van der Waals surface area (Å²) in [5, 5.41) is 4.78. The lowest BCUT2D eigenvalue weighted by atomic mass is 10.1. The molecule has 198 valence electrons. The van der Waals surface area contributed by atoms with E-state index >= 15 is 0 Å². The highest BCUT2D eigenvalue weighted by molar-refractivity contribution is 8.18. The average Bonchev–Trinajstić information content (AvgIpc) is 3.16. The Kier molecular flexibility index (Phi) is 8.57. The second-order valence-corrected chi connectivity index (χ2v) is 9.79. The number of nitrogens with one attached hydrogen (secondary N) is 2. The molecule has 0 radical (unpaired) electrons. The second kappa shape index (κ2) is 12.2. The van der Waals surface area contributed by atoms with E-state index in [1.54, 1.807) is 42.5 Å². The Bertz CT molecular complexity index is 1470. The van der Waals surface area contributed by atoms with Crippen LogP contribution in [0.3, 0.4) is 0 Å². The Morgan fingerprint density at radius 3 is 2.23 bits per heavy atom. The summed E-state index contributed by atoms with van der Waals surface area (Å²) in [6.07, 6.45) is 1.51. The minimum absolute atomic E-state index is 0.159. The minimum atomic E-state index is -0.680. The SMILES string of the molecule is Cc1ccc(NC(=O)COC(=O)c2ccc(/C=C3\SC(=O)N(CC(=O)Nc4cccc(C)c4)C3=O)cc2)cc1. The number of esters is 1. The molecule has 1 aliphatic rings. The fraction of sp³-hybridized carbons (Fsp3) is 0.138. The molecular formula is C29H25N3O6S. The van der Waals surface area contributed by atoms with E-state index in [0.29, 0.717) is 16.9 Å². The number of thioether (sulfide) groups is 1. The molecule has 2 N–H and O–H groups in total. The fourth-order valence-electron chi connectivity index (χ4n) is 3.62. The first kappa shape index (κ1) is 27.3. The van der Waals surface area contributed by atoms with Gasteiger partial charge in [-0.25, -0.2) is 4.79 Å². The number of ether oxygens (including phenoxy) is 1. The summed E-state index contributed by atoms with van der Waals surface area (Å²) < 4.78 is 5.08. The van der Waals surface area contributed by atoms with Crippen LogP contribution in [-0.4, -0.2) is 47.0 Å². The Morgan fingerprint density at radius 2 is 1.54 bits per heavy atom. The summed E-state index contributed by atoms with van der Waals surface area (Å²) in [5.41, 5.74) is 3.98. The van der Waals surface area contributed by atoms with E-state index in [0.717, 1.165) is 27.8 Å². The van der Waals surface area contributed by atoms with Crippen LogP contribution in [0.15, 0.2) is 77.7 Å². The van der Waals surface area contributed by atoms with Crippen molar-refractivity contribution in [1.82, 2.24) is 4.90 Å². The van der Waals surface area contributed by atoms with Gasteiger partial charge in [-0.2, -0.15) is 0 Å². The number of amides is 4. The van der Waals surface area contributed by atoms with Crippen LogP contribution < -0.4 is 10.6 Å². The maximum absolute atomic E-state index is 12.8. The number of carbonyl (C=O) groups is 5. The van der Waals surface area contributed by atoms with Gasteiger partial charge in [0.25, 0.3) is 17.1 Å². The molecule has 3 aromatic carbocycles. The summed E-state index contributed by atoms with van der Waals surface area (Å²) in [4.78, 5) is 62.9. The summed E-state index contributed by atoms with van der Waals surface area (Å²) in [5.74, 6) is -2.21. The molecule has 10 heteroatoms.